The number of hydrogen-bond acceptors (Lipinski definition) is 3. The van der Waals surface area contributed by atoms with Gasteiger partial charge in [-0.3, -0.25) is 4.90 Å². The van der Waals surface area contributed by atoms with Crippen LogP contribution >= 0.6 is 15.9 Å². The van der Waals surface area contributed by atoms with Crippen LogP contribution < -0.4 is 0 Å². The molecule has 1 rings (SSSR count). The number of likely N-dealkylation sites (tertiary alicyclic amines) is 1. The Morgan fingerprint density at radius 1 is 1.50 bits per heavy atom. The summed E-state index contributed by atoms with van der Waals surface area (Å²) in [4.78, 5) is 2.28. The van der Waals surface area contributed by atoms with Crippen molar-refractivity contribution in [3.8, 4) is 0 Å². The maximum absolute atomic E-state index is 11.3. The molecule has 1 heterocycles. The topological polar surface area (TPSA) is 37.4 Å². The van der Waals surface area contributed by atoms with E-state index in [0.29, 0.717) is 18.3 Å². The SMILES string of the molecule is CCS(=O)(=O)CCN1CCCC1CBr. The van der Waals surface area contributed by atoms with Crippen LogP contribution in [0.25, 0.3) is 0 Å². The van der Waals surface area contributed by atoms with Gasteiger partial charge in [0.25, 0.3) is 0 Å². The number of rotatable bonds is 5. The first-order valence-corrected chi connectivity index (χ1v) is 8.04. The lowest BCUT2D eigenvalue weighted by atomic mass is 10.2. The lowest BCUT2D eigenvalue weighted by molar-refractivity contribution is 0.289. The highest BCUT2D eigenvalue weighted by Crippen LogP contribution is 2.18. The average Bonchev–Trinajstić information content (AvgIpc) is 2.62. The number of halogens is 1. The Kier molecular flexibility index (Phi) is 4.87. The molecule has 1 atom stereocenters. The van der Waals surface area contributed by atoms with E-state index in [4.69, 9.17) is 0 Å². The highest BCUT2D eigenvalue weighted by molar-refractivity contribution is 9.09. The monoisotopic (exact) mass is 283 g/mol. The van der Waals surface area contributed by atoms with Crippen molar-refractivity contribution in [3.63, 3.8) is 0 Å². The number of nitrogens with zero attached hydrogens (tertiary/aromatic N) is 1. The van der Waals surface area contributed by atoms with Gasteiger partial charge in [-0.05, 0) is 19.4 Å². The van der Waals surface area contributed by atoms with E-state index in [1.54, 1.807) is 6.92 Å². The zero-order valence-corrected chi connectivity index (χ0v) is 11.0. The molecule has 1 saturated heterocycles. The van der Waals surface area contributed by atoms with E-state index in [1.807, 2.05) is 0 Å². The second kappa shape index (κ2) is 5.47. The molecule has 0 saturated carbocycles. The highest BCUT2D eigenvalue weighted by Gasteiger charge is 2.24. The van der Waals surface area contributed by atoms with Crippen LogP contribution in [0, 0.1) is 0 Å². The Bertz CT molecular complexity index is 266. The number of hydrogen-bond donors (Lipinski definition) is 0. The third-order valence-corrected chi connectivity index (χ3v) is 5.24. The molecule has 0 aromatic rings. The van der Waals surface area contributed by atoms with Gasteiger partial charge < -0.3 is 0 Å². The third kappa shape index (κ3) is 3.51. The fourth-order valence-corrected chi connectivity index (χ4v) is 3.30. The predicted octanol–water partition coefficient (Wildman–Crippen LogP) is 1.28. The van der Waals surface area contributed by atoms with Crippen molar-refractivity contribution in [2.24, 2.45) is 0 Å². The Morgan fingerprint density at radius 3 is 2.79 bits per heavy atom. The lowest BCUT2D eigenvalue weighted by Gasteiger charge is -2.22. The predicted molar refractivity (Wildman–Crippen MR) is 62.7 cm³/mol. The van der Waals surface area contributed by atoms with E-state index in [9.17, 15) is 8.42 Å². The van der Waals surface area contributed by atoms with Crippen molar-refractivity contribution in [2.45, 2.75) is 25.8 Å². The summed E-state index contributed by atoms with van der Waals surface area (Å²) in [6.07, 6.45) is 2.39. The Balaban J connectivity index is 2.38. The zero-order valence-electron chi connectivity index (χ0n) is 8.58. The second-order valence-corrected chi connectivity index (χ2v) is 6.84. The normalized spacial score (nSPS) is 24.3. The molecular formula is C9H18BrNO2S. The summed E-state index contributed by atoms with van der Waals surface area (Å²) in [5, 5.41) is 0.958. The van der Waals surface area contributed by atoms with E-state index >= 15 is 0 Å². The van der Waals surface area contributed by atoms with E-state index in [0.717, 1.165) is 11.9 Å². The van der Waals surface area contributed by atoms with Gasteiger partial charge in [0.2, 0.25) is 0 Å². The Hall–Kier alpha value is 0.390. The second-order valence-electron chi connectivity index (χ2n) is 3.72. The summed E-state index contributed by atoms with van der Waals surface area (Å²) in [5.41, 5.74) is 0. The number of sulfone groups is 1. The highest BCUT2D eigenvalue weighted by atomic mass is 79.9. The van der Waals surface area contributed by atoms with Gasteiger partial charge in [-0.15, -0.1) is 0 Å². The van der Waals surface area contributed by atoms with E-state index < -0.39 is 9.84 Å². The molecule has 84 valence electrons. The van der Waals surface area contributed by atoms with E-state index in [-0.39, 0.29) is 5.75 Å². The zero-order chi connectivity index (χ0) is 10.6. The minimum absolute atomic E-state index is 0.264. The number of alkyl halides is 1. The molecular weight excluding hydrogens is 266 g/mol. The molecule has 0 radical (unpaired) electrons. The van der Waals surface area contributed by atoms with Gasteiger partial charge in [-0.2, -0.15) is 0 Å². The van der Waals surface area contributed by atoms with Crippen LogP contribution in [0.1, 0.15) is 19.8 Å². The van der Waals surface area contributed by atoms with Gasteiger partial charge in [0.05, 0.1) is 5.75 Å². The summed E-state index contributed by atoms with van der Waals surface area (Å²) < 4.78 is 22.6. The molecule has 0 N–H and O–H groups in total. The molecule has 1 aliphatic rings. The smallest absolute Gasteiger partial charge is 0.151 e. The maximum atomic E-state index is 11.3. The summed E-state index contributed by atoms with van der Waals surface area (Å²) in [7, 11) is -2.80. The van der Waals surface area contributed by atoms with Gasteiger partial charge >= 0.3 is 0 Å². The first-order chi connectivity index (χ1) is 6.59. The first-order valence-electron chi connectivity index (χ1n) is 5.09. The van der Waals surface area contributed by atoms with Crippen molar-refractivity contribution in [1.82, 2.24) is 4.90 Å². The van der Waals surface area contributed by atoms with Crippen LogP contribution in [0.4, 0.5) is 0 Å². The van der Waals surface area contributed by atoms with Crippen molar-refractivity contribution in [3.05, 3.63) is 0 Å². The first kappa shape index (κ1) is 12.5. The molecule has 1 fully saturated rings. The fourth-order valence-electron chi connectivity index (χ4n) is 1.76. The van der Waals surface area contributed by atoms with Crippen LogP contribution in [-0.2, 0) is 9.84 Å². The lowest BCUT2D eigenvalue weighted by Crippen LogP contribution is -2.35. The largest absolute Gasteiger partial charge is 0.299 e. The molecule has 5 heteroatoms. The molecule has 0 amide bonds. The van der Waals surface area contributed by atoms with Crippen molar-refractivity contribution in [1.29, 1.82) is 0 Å². The Labute approximate surface area is 94.9 Å². The molecule has 1 unspecified atom stereocenters. The standard InChI is InChI=1S/C9H18BrNO2S/c1-2-14(12,13)7-6-11-5-3-4-9(11)8-10/h9H,2-8H2,1H3. The van der Waals surface area contributed by atoms with Crippen molar-refractivity contribution >= 4 is 25.8 Å². The summed E-state index contributed by atoms with van der Waals surface area (Å²) >= 11 is 3.46. The molecule has 14 heavy (non-hydrogen) atoms. The Morgan fingerprint density at radius 2 is 2.21 bits per heavy atom. The third-order valence-electron chi connectivity index (χ3n) is 2.81. The van der Waals surface area contributed by atoms with E-state index in [2.05, 4.69) is 20.8 Å². The molecule has 0 spiro atoms. The summed E-state index contributed by atoms with van der Waals surface area (Å²) in [6.45, 7) is 3.46. The average molecular weight is 284 g/mol. The van der Waals surface area contributed by atoms with Gasteiger partial charge in [0.15, 0.2) is 9.84 Å². The minimum atomic E-state index is -2.80. The van der Waals surface area contributed by atoms with Gasteiger partial charge in [0.1, 0.15) is 0 Å². The van der Waals surface area contributed by atoms with E-state index in [1.165, 1.54) is 12.8 Å². The maximum Gasteiger partial charge on any atom is 0.151 e. The van der Waals surface area contributed by atoms with Crippen molar-refractivity contribution in [2.75, 3.05) is 29.9 Å². The van der Waals surface area contributed by atoms with Gasteiger partial charge in [-0.25, -0.2) is 8.42 Å². The molecule has 0 aromatic heterocycles. The van der Waals surface area contributed by atoms with Crippen LogP contribution in [0.2, 0.25) is 0 Å². The fraction of sp³-hybridized carbons (Fsp3) is 1.00. The van der Waals surface area contributed by atoms with Gasteiger partial charge in [-0.1, -0.05) is 22.9 Å². The minimum Gasteiger partial charge on any atom is -0.299 e. The van der Waals surface area contributed by atoms with Crippen LogP contribution in [0.5, 0.6) is 0 Å². The molecule has 0 bridgehead atoms. The van der Waals surface area contributed by atoms with Crippen LogP contribution in [0.15, 0.2) is 0 Å². The summed E-state index contributed by atoms with van der Waals surface area (Å²) in [6, 6.07) is 0.544. The van der Waals surface area contributed by atoms with Crippen LogP contribution in [-0.4, -0.2) is 49.3 Å². The summed E-state index contributed by atoms with van der Waals surface area (Å²) in [5.74, 6) is 0.576. The molecule has 1 aliphatic heterocycles. The van der Waals surface area contributed by atoms with Gasteiger partial charge in [0, 0.05) is 23.7 Å². The molecule has 3 nitrogen and oxygen atoms in total. The van der Waals surface area contributed by atoms with Crippen LogP contribution in [0.3, 0.4) is 0 Å². The van der Waals surface area contributed by atoms with Crippen molar-refractivity contribution < 1.29 is 8.42 Å². The molecule has 0 aliphatic carbocycles. The quantitative estimate of drug-likeness (QED) is 0.714. The molecule has 0 aromatic carbocycles.